The highest BCUT2D eigenvalue weighted by molar-refractivity contribution is 7.07. The highest BCUT2D eigenvalue weighted by Gasteiger charge is 2.33. The number of aromatic nitrogens is 1. The molecule has 0 spiro atoms. The van der Waals surface area contributed by atoms with Crippen LogP contribution < -0.4 is 24.4 Å². The molecular weight excluding hydrogens is 464 g/mol. The lowest BCUT2D eigenvalue weighted by Crippen LogP contribution is -2.39. The summed E-state index contributed by atoms with van der Waals surface area (Å²) in [5, 5.41) is 0.534. The summed E-state index contributed by atoms with van der Waals surface area (Å²) in [7, 11) is 4.37. The number of benzene rings is 2. The zero-order valence-electron chi connectivity index (χ0n) is 18.4. The first kappa shape index (κ1) is 22.8. The Morgan fingerprint density at radius 1 is 1.12 bits per heavy atom. The number of halogens is 1. The molecule has 33 heavy (non-hydrogen) atoms. The van der Waals surface area contributed by atoms with E-state index in [4.69, 9.17) is 25.8 Å². The number of hydrogen-bond donors (Lipinski definition) is 0. The third-order valence-electron chi connectivity index (χ3n) is 5.34. The molecule has 9 heteroatoms. The molecule has 0 aliphatic carbocycles. The molecule has 1 aliphatic heterocycles. The van der Waals surface area contributed by atoms with Gasteiger partial charge in [-0.25, -0.2) is 9.79 Å². The molecule has 1 atom stereocenters. The van der Waals surface area contributed by atoms with Crippen LogP contribution in [0.4, 0.5) is 0 Å². The van der Waals surface area contributed by atoms with Gasteiger partial charge in [0, 0.05) is 5.02 Å². The number of rotatable bonds is 5. The van der Waals surface area contributed by atoms with Crippen LogP contribution in [0.25, 0.3) is 6.08 Å². The van der Waals surface area contributed by atoms with Gasteiger partial charge in [0.25, 0.3) is 5.56 Å². The summed E-state index contributed by atoms with van der Waals surface area (Å²) in [6.45, 7) is 1.73. The van der Waals surface area contributed by atoms with Crippen molar-refractivity contribution in [3.05, 3.63) is 89.6 Å². The molecule has 1 aliphatic rings. The van der Waals surface area contributed by atoms with E-state index in [1.54, 1.807) is 44.4 Å². The Morgan fingerprint density at radius 3 is 2.52 bits per heavy atom. The lowest BCUT2D eigenvalue weighted by molar-refractivity contribution is -0.136. The number of esters is 1. The fourth-order valence-electron chi connectivity index (χ4n) is 3.76. The Morgan fingerprint density at radius 2 is 1.85 bits per heavy atom. The molecule has 0 N–H and O–H groups in total. The number of carbonyl (C=O) groups is 1. The van der Waals surface area contributed by atoms with Gasteiger partial charge in [-0.1, -0.05) is 47.2 Å². The van der Waals surface area contributed by atoms with E-state index >= 15 is 0 Å². The molecule has 0 saturated carbocycles. The van der Waals surface area contributed by atoms with Crippen molar-refractivity contribution in [3.8, 4) is 11.5 Å². The second-order valence-corrected chi connectivity index (χ2v) is 8.63. The van der Waals surface area contributed by atoms with Crippen molar-refractivity contribution in [2.24, 2.45) is 4.99 Å². The molecule has 170 valence electrons. The lowest BCUT2D eigenvalue weighted by Gasteiger charge is -2.25. The minimum absolute atomic E-state index is 0.279. The molecule has 0 radical (unpaired) electrons. The number of allylic oxidation sites excluding steroid dienone is 1. The Hall–Kier alpha value is -3.36. The standard InChI is InChI=1S/C24H21ClN2O5S/c1-13-20(23(29)32-4)21(15-9-10-17(30-2)18(11-15)31-3)27-22(28)19(33-24(27)26-13)12-14-7-5-6-8-16(14)25/h5-12,21H,1-4H3/b19-12+/t21-/m0/s1. The zero-order valence-corrected chi connectivity index (χ0v) is 20.0. The van der Waals surface area contributed by atoms with Gasteiger partial charge in [-0.2, -0.15) is 0 Å². The zero-order chi connectivity index (χ0) is 23.7. The van der Waals surface area contributed by atoms with Crippen molar-refractivity contribution >= 4 is 35.0 Å². The first-order valence-electron chi connectivity index (χ1n) is 9.97. The van der Waals surface area contributed by atoms with Crippen LogP contribution in [0.5, 0.6) is 11.5 Å². The van der Waals surface area contributed by atoms with Gasteiger partial charge in [0.2, 0.25) is 0 Å². The Bertz CT molecular complexity index is 1450. The maximum absolute atomic E-state index is 13.6. The fraction of sp³-hybridized carbons (Fsp3) is 0.208. The van der Waals surface area contributed by atoms with Gasteiger partial charge >= 0.3 is 5.97 Å². The van der Waals surface area contributed by atoms with E-state index in [2.05, 4.69) is 4.99 Å². The molecule has 4 rings (SSSR count). The average molecular weight is 485 g/mol. The molecule has 0 saturated heterocycles. The number of carbonyl (C=O) groups excluding carboxylic acids is 1. The topological polar surface area (TPSA) is 79.1 Å². The second kappa shape index (κ2) is 9.25. The molecular formula is C24H21ClN2O5S. The van der Waals surface area contributed by atoms with Crippen molar-refractivity contribution in [2.75, 3.05) is 21.3 Å². The number of methoxy groups -OCH3 is 3. The van der Waals surface area contributed by atoms with Crippen molar-refractivity contribution in [2.45, 2.75) is 13.0 Å². The summed E-state index contributed by atoms with van der Waals surface area (Å²) in [5.41, 5.74) is 1.85. The van der Waals surface area contributed by atoms with E-state index in [0.717, 1.165) is 5.56 Å². The van der Waals surface area contributed by atoms with Crippen molar-refractivity contribution < 1.29 is 19.0 Å². The first-order chi connectivity index (χ1) is 15.9. The predicted molar refractivity (Wildman–Crippen MR) is 127 cm³/mol. The Kier molecular flexibility index (Phi) is 6.40. The number of nitrogens with zero attached hydrogens (tertiary/aromatic N) is 2. The maximum atomic E-state index is 13.6. The molecule has 0 fully saturated rings. The number of hydrogen-bond acceptors (Lipinski definition) is 7. The Labute approximate surface area is 198 Å². The summed E-state index contributed by atoms with van der Waals surface area (Å²) in [4.78, 5) is 31.4. The summed E-state index contributed by atoms with van der Waals surface area (Å²) >= 11 is 7.53. The Balaban J connectivity index is 2.00. The monoisotopic (exact) mass is 484 g/mol. The highest BCUT2D eigenvalue weighted by atomic mass is 35.5. The molecule has 0 amide bonds. The molecule has 3 aromatic rings. The van der Waals surface area contributed by atoms with Gasteiger partial charge in [0.05, 0.1) is 43.2 Å². The van der Waals surface area contributed by atoms with Gasteiger partial charge in [0.1, 0.15) is 0 Å². The average Bonchev–Trinajstić information content (AvgIpc) is 3.13. The van der Waals surface area contributed by atoms with Crippen LogP contribution in [0.3, 0.4) is 0 Å². The van der Waals surface area contributed by atoms with Gasteiger partial charge in [-0.15, -0.1) is 0 Å². The fourth-order valence-corrected chi connectivity index (χ4v) is 4.99. The van der Waals surface area contributed by atoms with Gasteiger partial charge < -0.3 is 14.2 Å². The van der Waals surface area contributed by atoms with Crippen LogP contribution >= 0.6 is 22.9 Å². The van der Waals surface area contributed by atoms with Crippen LogP contribution in [0.1, 0.15) is 24.1 Å². The van der Waals surface area contributed by atoms with Crippen LogP contribution in [-0.2, 0) is 9.53 Å². The predicted octanol–water partition coefficient (Wildman–Crippen LogP) is 3.08. The van der Waals surface area contributed by atoms with Crippen LogP contribution in [0, 0.1) is 0 Å². The third kappa shape index (κ3) is 4.07. The molecule has 2 aromatic carbocycles. The molecule has 2 heterocycles. The molecule has 1 aromatic heterocycles. The molecule has 0 bridgehead atoms. The van der Waals surface area contributed by atoms with Crippen molar-refractivity contribution in [1.29, 1.82) is 0 Å². The highest BCUT2D eigenvalue weighted by Crippen LogP contribution is 2.35. The number of thiazole rings is 1. The quantitative estimate of drug-likeness (QED) is 0.520. The smallest absolute Gasteiger partial charge is 0.338 e. The summed E-state index contributed by atoms with van der Waals surface area (Å²) in [6, 6.07) is 11.8. The lowest BCUT2D eigenvalue weighted by atomic mass is 9.95. The van der Waals surface area contributed by atoms with E-state index in [0.29, 0.717) is 37.1 Å². The summed E-state index contributed by atoms with van der Waals surface area (Å²) in [5.74, 6) is 0.455. The maximum Gasteiger partial charge on any atom is 0.338 e. The third-order valence-corrected chi connectivity index (χ3v) is 6.67. The number of fused-ring (bicyclic) bond motifs is 1. The normalized spacial score (nSPS) is 15.7. The van der Waals surface area contributed by atoms with Crippen LogP contribution in [0.15, 0.2) is 63.5 Å². The summed E-state index contributed by atoms with van der Waals surface area (Å²) in [6.07, 6.45) is 1.73. The van der Waals surface area contributed by atoms with Crippen LogP contribution in [-0.4, -0.2) is 31.9 Å². The van der Waals surface area contributed by atoms with E-state index in [1.165, 1.54) is 30.1 Å². The van der Waals surface area contributed by atoms with Crippen LogP contribution in [0.2, 0.25) is 5.02 Å². The van der Waals surface area contributed by atoms with Crippen molar-refractivity contribution in [3.63, 3.8) is 0 Å². The SMILES string of the molecule is COC(=O)C1=C(C)N=c2s/c(=C/c3ccccc3Cl)c(=O)n2[C@H]1c1ccc(OC)c(OC)c1. The summed E-state index contributed by atoms with van der Waals surface area (Å²) < 4.78 is 17.8. The minimum atomic E-state index is -0.748. The minimum Gasteiger partial charge on any atom is -0.493 e. The van der Waals surface area contributed by atoms with E-state index in [-0.39, 0.29) is 11.1 Å². The van der Waals surface area contributed by atoms with E-state index in [9.17, 15) is 9.59 Å². The van der Waals surface area contributed by atoms with Gasteiger partial charge in [-0.05, 0) is 42.3 Å². The van der Waals surface area contributed by atoms with E-state index < -0.39 is 12.0 Å². The van der Waals surface area contributed by atoms with Crippen molar-refractivity contribution in [1.82, 2.24) is 4.57 Å². The number of ether oxygens (including phenoxy) is 3. The first-order valence-corrected chi connectivity index (χ1v) is 11.2. The molecule has 0 unspecified atom stereocenters. The van der Waals surface area contributed by atoms with E-state index in [1.807, 2.05) is 18.2 Å². The second-order valence-electron chi connectivity index (χ2n) is 7.21. The molecule has 7 nitrogen and oxygen atoms in total. The van der Waals surface area contributed by atoms with Gasteiger partial charge in [-0.3, -0.25) is 9.36 Å². The largest absolute Gasteiger partial charge is 0.493 e. The van der Waals surface area contributed by atoms with Gasteiger partial charge in [0.15, 0.2) is 16.3 Å².